The molecule has 0 aliphatic carbocycles. The molecule has 0 saturated heterocycles. The highest BCUT2D eigenvalue weighted by atomic mass is 19.1. The van der Waals surface area contributed by atoms with Gasteiger partial charge >= 0.3 is 0 Å². The summed E-state index contributed by atoms with van der Waals surface area (Å²) in [5, 5.41) is 6.62. The van der Waals surface area contributed by atoms with Crippen LogP contribution in [0, 0.1) is 11.7 Å². The molecule has 2 rings (SSSR count). The third-order valence-electron chi connectivity index (χ3n) is 3.22. The average molecular weight is 236 g/mol. The Morgan fingerprint density at radius 3 is 3.06 bits per heavy atom. The minimum atomic E-state index is -0.129. The predicted octanol–water partition coefficient (Wildman–Crippen LogP) is 2.97. The molecular weight excluding hydrogens is 215 g/mol. The SMILES string of the molecule is CC(C)CNCC1CCNc2c(F)cccc21. The topological polar surface area (TPSA) is 24.1 Å². The van der Waals surface area contributed by atoms with Crippen LogP contribution in [0.4, 0.5) is 10.1 Å². The van der Waals surface area contributed by atoms with Crippen molar-refractivity contribution >= 4 is 5.69 Å². The van der Waals surface area contributed by atoms with Gasteiger partial charge < -0.3 is 10.6 Å². The van der Waals surface area contributed by atoms with Crippen molar-refractivity contribution in [3.05, 3.63) is 29.6 Å². The van der Waals surface area contributed by atoms with Crippen molar-refractivity contribution in [1.29, 1.82) is 0 Å². The van der Waals surface area contributed by atoms with Gasteiger partial charge in [0, 0.05) is 19.0 Å². The second-order valence-electron chi connectivity index (χ2n) is 5.17. The van der Waals surface area contributed by atoms with Gasteiger partial charge in [-0.2, -0.15) is 0 Å². The zero-order valence-electron chi connectivity index (χ0n) is 10.6. The number of anilines is 1. The van der Waals surface area contributed by atoms with Gasteiger partial charge in [-0.1, -0.05) is 26.0 Å². The Balaban J connectivity index is 2.04. The van der Waals surface area contributed by atoms with Crippen molar-refractivity contribution in [3.63, 3.8) is 0 Å². The highest BCUT2D eigenvalue weighted by Crippen LogP contribution is 2.32. The summed E-state index contributed by atoms with van der Waals surface area (Å²) in [7, 11) is 0. The second-order valence-corrected chi connectivity index (χ2v) is 5.17. The molecule has 1 aliphatic rings. The molecule has 0 spiro atoms. The third kappa shape index (κ3) is 2.97. The third-order valence-corrected chi connectivity index (χ3v) is 3.22. The van der Waals surface area contributed by atoms with E-state index in [1.807, 2.05) is 6.07 Å². The van der Waals surface area contributed by atoms with Gasteiger partial charge in [0.05, 0.1) is 5.69 Å². The van der Waals surface area contributed by atoms with E-state index in [1.165, 1.54) is 6.07 Å². The van der Waals surface area contributed by atoms with E-state index in [0.29, 0.717) is 17.5 Å². The summed E-state index contributed by atoms with van der Waals surface area (Å²) in [5.41, 5.74) is 1.82. The highest BCUT2D eigenvalue weighted by molar-refractivity contribution is 5.56. The van der Waals surface area contributed by atoms with Gasteiger partial charge in [-0.05, 0) is 30.5 Å². The number of nitrogens with one attached hydrogen (secondary N) is 2. The van der Waals surface area contributed by atoms with Gasteiger partial charge in [0.1, 0.15) is 5.82 Å². The lowest BCUT2D eigenvalue weighted by atomic mass is 9.90. The average Bonchev–Trinajstić information content (AvgIpc) is 2.30. The first-order chi connectivity index (χ1) is 8.18. The van der Waals surface area contributed by atoms with Crippen molar-refractivity contribution < 1.29 is 4.39 Å². The van der Waals surface area contributed by atoms with E-state index in [1.54, 1.807) is 6.07 Å². The van der Waals surface area contributed by atoms with Gasteiger partial charge in [-0.25, -0.2) is 4.39 Å². The molecule has 0 bridgehead atoms. The molecule has 3 heteroatoms. The van der Waals surface area contributed by atoms with Crippen LogP contribution >= 0.6 is 0 Å². The fourth-order valence-corrected chi connectivity index (χ4v) is 2.35. The molecule has 1 aromatic carbocycles. The Labute approximate surface area is 103 Å². The molecule has 1 atom stereocenters. The molecule has 1 heterocycles. The fourth-order valence-electron chi connectivity index (χ4n) is 2.35. The van der Waals surface area contributed by atoms with E-state index in [0.717, 1.165) is 31.6 Å². The smallest absolute Gasteiger partial charge is 0.146 e. The second kappa shape index (κ2) is 5.50. The van der Waals surface area contributed by atoms with Crippen LogP contribution in [0.1, 0.15) is 31.7 Å². The number of benzene rings is 1. The van der Waals surface area contributed by atoms with Gasteiger partial charge in [-0.3, -0.25) is 0 Å². The van der Waals surface area contributed by atoms with Crippen LogP contribution in [-0.4, -0.2) is 19.6 Å². The van der Waals surface area contributed by atoms with Crippen LogP contribution in [0.3, 0.4) is 0 Å². The number of halogens is 1. The number of fused-ring (bicyclic) bond motifs is 1. The molecule has 1 aromatic rings. The van der Waals surface area contributed by atoms with Crippen LogP contribution in [-0.2, 0) is 0 Å². The van der Waals surface area contributed by atoms with Gasteiger partial charge in [0.2, 0.25) is 0 Å². The summed E-state index contributed by atoms with van der Waals surface area (Å²) in [6.07, 6.45) is 1.07. The first kappa shape index (κ1) is 12.4. The van der Waals surface area contributed by atoms with E-state index in [9.17, 15) is 4.39 Å². The molecule has 0 radical (unpaired) electrons. The number of rotatable bonds is 4. The molecule has 1 unspecified atom stereocenters. The molecule has 17 heavy (non-hydrogen) atoms. The van der Waals surface area contributed by atoms with Crippen LogP contribution in [0.2, 0.25) is 0 Å². The maximum absolute atomic E-state index is 13.6. The molecule has 0 aromatic heterocycles. The van der Waals surface area contributed by atoms with Crippen molar-refractivity contribution in [2.24, 2.45) is 5.92 Å². The first-order valence-corrected chi connectivity index (χ1v) is 6.41. The van der Waals surface area contributed by atoms with E-state index in [-0.39, 0.29) is 5.82 Å². The monoisotopic (exact) mass is 236 g/mol. The molecule has 1 aliphatic heterocycles. The molecule has 0 amide bonds. The summed E-state index contributed by atoms with van der Waals surface area (Å²) in [6.45, 7) is 7.22. The maximum Gasteiger partial charge on any atom is 0.146 e. The Bertz CT molecular complexity index is 376. The van der Waals surface area contributed by atoms with Crippen molar-refractivity contribution in [2.75, 3.05) is 25.0 Å². The van der Waals surface area contributed by atoms with E-state index < -0.39 is 0 Å². The van der Waals surface area contributed by atoms with Crippen molar-refractivity contribution in [1.82, 2.24) is 5.32 Å². The fraction of sp³-hybridized carbons (Fsp3) is 0.571. The lowest BCUT2D eigenvalue weighted by Crippen LogP contribution is -2.29. The van der Waals surface area contributed by atoms with Crippen LogP contribution in [0.25, 0.3) is 0 Å². The minimum Gasteiger partial charge on any atom is -0.382 e. The molecule has 0 fully saturated rings. The zero-order valence-corrected chi connectivity index (χ0v) is 10.6. The summed E-state index contributed by atoms with van der Waals surface area (Å²) in [4.78, 5) is 0. The van der Waals surface area contributed by atoms with E-state index >= 15 is 0 Å². The first-order valence-electron chi connectivity index (χ1n) is 6.41. The summed E-state index contributed by atoms with van der Waals surface area (Å²) >= 11 is 0. The number of para-hydroxylation sites is 1. The quantitative estimate of drug-likeness (QED) is 0.840. The molecule has 0 saturated carbocycles. The zero-order chi connectivity index (χ0) is 12.3. The maximum atomic E-state index is 13.6. The van der Waals surface area contributed by atoms with Crippen LogP contribution in [0.15, 0.2) is 18.2 Å². The molecule has 94 valence electrons. The highest BCUT2D eigenvalue weighted by Gasteiger charge is 2.21. The molecular formula is C14H21FN2. The Hall–Kier alpha value is -1.09. The largest absolute Gasteiger partial charge is 0.382 e. The van der Waals surface area contributed by atoms with Gasteiger partial charge in [0.25, 0.3) is 0 Å². The Morgan fingerprint density at radius 1 is 1.47 bits per heavy atom. The number of hydrogen-bond acceptors (Lipinski definition) is 2. The van der Waals surface area contributed by atoms with Gasteiger partial charge in [0.15, 0.2) is 0 Å². The van der Waals surface area contributed by atoms with Gasteiger partial charge in [-0.15, -0.1) is 0 Å². The Kier molecular flexibility index (Phi) is 4.00. The molecule has 2 N–H and O–H groups in total. The Morgan fingerprint density at radius 2 is 2.29 bits per heavy atom. The standard InChI is InChI=1S/C14H21FN2/c1-10(2)8-16-9-11-6-7-17-14-12(11)4-3-5-13(14)15/h3-5,10-11,16-17H,6-9H2,1-2H3. The summed E-state index contributed by atoms with van der Waals surface area (Å²) in [6, 6.07) is 5.36. The van der Waals surface area contributed by atoms with E-state index in [4.69, 9.17) is 0 Å². The van der Waals surface area contributed by atoms with Crippen LogP contribution < -0.4 is 10.6 Å². The predicted molar refractivity (Wildman–Crippen MR) is 70.0 cm³/mol. The lowest BCUT2D eigenvalue weighted by molar-refractivity contribution is 0.498. The summed E-state index contributed by atoms with van der Waals surface area (Å²) < 4.78 is 13.6. The van der Waals surface area contributed by atoms with E-state index in [2.05, 4.69) is 24.5 Å². The van der Waals surface area contributed by atoms with Crippen molar-refractivity contribution in [2.45, 2.75) is 26.2 Å². The lowest BCUT2D eigenvalue weighted by Gasteiger charge is -2.27. The molecule has 2 nitrogen and oxygen atoms in total. The minimum absolute atomic E-state index is 0.129. The van der Waals surface area contributed by atoms with Crippen molar-refractivity contribution in [3.8, 4) is 0 Å². The normalized spacial score (nSPS) is 18.9. The van der Waals surface area contributed by atoms with Crippen LogP contribution in [0.5, 0.6) is 0 Å². The summed E-state index contributed by atoms with van der Waals surface area (Å²) in [5.74, 6) is 0.959. The number of hydrogen-bond donors (Lipinski definition) is 2.